The van der Waals surface area contributed by atoms with Crippen LogP contribution >= 0.6 is 27.5 Å². The van der Waals surface area contributed by atoms with E-state index in [4.69, 9.17) is 25.8 Å². The van der Waals surface area contributed by atoms with Gasteiger partial charge in [-0.1, -0.05) is 11.6 Å². The topological polar surface area (TPSA) is 97.4 Å². The second-order valence-corrected chi connectivity index (χ2v) is 8.82. The SMILES string of the molecule is COc1cc(C=C2C(=O)NN(c3ccc(F)c(Cl)c3)C2=O)cc(Br)c1OCC(=O)N1CCOCC1. The molecule has 2 aliphatic heterocycles. The molecule has 0 saturated carbocycles. The lowest BCUT2D eigenvalue weighted by Crippen LogP contribution is -2.43. The molecule has 4 rings (SSSR count). The molecule has 2 aromatic rings. The van der Waals surface area contributed by atoms with Crippen molar-refractivity contribution in [3.8, 4) is 11.5 Å². The zero-order valence-electron chi connectivity index (χ0n) is 18.5. The largest absolute Gasteiger partial charge is 0.493 e. The van der Waals surface area contributed by atoms with E-state index in [0.29, 0.717) is 47.8 Å². The Morgan fingerprint density at radius 3 is 2.69 bits per heavy atom. The van der Waals surface area contributed by atoms with Crippen LogP contribution in [0.25, 0.3) is 6.08 Å². The molecule has 9 nitrogen and oxygen atoms in total. The zero-order valence-corrected chi connectivity index (χ0v) is 20.8. The molecule has 1 N–H and O–H groups in total. The molecule has 3 amide bonds. The van der Waals surface area contributed by atoms with Gasteiger partial charge in [0, 0.05) is 13.1 Å². The molecule has 0 aromatic heterocycles. The van der Waals surface area contributed by atoms with Gasteiger partial charge in [-0.25, -0.2) is 9.40 Å². The van der Waals surface area contributed by atoms with Crippen molar-refractivity contribution in [3.63, 3.8) is 0 Å². The Labute approximate surface area is 213 Å². The molecular weight excluding hydrogens is 549 g/mol. The number of ether oxygens (including phenoxy) is 3. The number of anilines is 1. The molecule has 35 heavy (non-hydrogen) atoms. The third kappa shape index (κ3) is 5.42. The summed E-state index contributed by atoms with van der Waals surface area (Å²) in [4.78, 5) is 39.4. The minimum absolute atomic E-state index is 0.143. The first-order valence-electron chi connectivity index (χ1n) is 10.5. The fraction of sp³-hybridized carbons (Fsp3) is 0.261. The van der Waals surface area contributed by atoms with E-state index >= 15 is 0 Å². The van der Waals surface area contributed by atoms with Crippen LogP contribution in [0.15, 0.2) is 40.4 Å². The van der Waals surface area contributed by atoms with Crippen LogP contribution in [0, 0.1) is 5.82 Å². The lowest BCUT2D eigenvalue weighted by Gasteiger charge is -2.27. The molecule has 2 saturated heterocycles. The molecule has 2 heterocycles. The lowest BCUT2D eigenvalue weighted by molar-refractivity contribution is -0.137. The second kappa shape index (κ2) is 10.6. The summed E-state index contributed by atoms with van der Waals surface area (Å²) < 4.78 is 30.3. The molecule has 184 valence electrons. The van der Waals surface area contributed by atoms with Gasteiger partial charge in [0.15, 0.2) is 18.1 Å². The summed E-state index contributed by atoms with van der Waals surface area (Å²) in [7, 11) is 1.43. The third-order valence-electron chi connectivity index (χ3n) is 5.32. The van der Waals surface area contributed by atoms with Crippen LogP contribution in [0.4, 0.5) is 10.1 Å². The maximum atomic E-state index is 13.5. The van der Waals surface area contributed by atoms with Gasteiger partial charge in [0.25, 0.3) is 17.7 Å². The monoisotopic (exact) mass is 567 g/mol. The highest BCUT2D eigenvalue weighted by molar-refractivity contribution is 9.10. The summed E-state index contributed by atoms with van der Waals surface area (Å²) >= 11 is 9.20. The van der Waals surface area contributed by atoms with E-state index in [-0.39, 0.29) is 28.8 Å². The Bertz CT molecular complexity index is 1220. The number of carbonyl (C=O) groups excluding carboxylic acids is 3. The van der Waals surface area contributed by atoms with E-state index in [1.165, 1.54) is 25.3 Å². The summed E-state index contributed by atoms with van der Waals surface area (Å²) in [5, 5.41) is 0.805. The highest BCUT2D eigenvalue weighted by Gasteiger charge is 2.35. The first kappa shape index (κ1) is 25.0. The Balaban J connectivity index is 1.53. The summed E-state index contributed by atoms with van der Waals surface area (Å²) in [6, 6.07) is 6.86. The first-order chi connectivity index (χ1) is 16.8. The van der Waals surface area contributed by atoms with Crippen molar-refractivity contribution in [2.24, 2.45) is 0 Å². The fourth-order valence-corrected chi connectivity index (χ4v) is 4.28. The number of hydrogen-bond donors (Lipinski definition) is 1. The highest BCUT2D eigenvalue weighted by atomic mass is 79.9. The van der Waals surface area contributed by atoms with E-state index in [2.05, 4.69) is 21.4 Å². The molecule has 0 spiro atoms. The molecule has 0 radical (unpaired) electrons. The van der Waals surface area contributed by atoms with Crippen LogP contribution in [-0.2, 0) is 19.1 Å². The molecule has 0 atom stereocenters. The summed E-state index contributed by atoms with van der Waals surface area (Å²) in [5.74, 6) is -1.49. The Kier molecular flexibility index (Phi) is 7.58. The number of morpholine rings is 1. The number of nitrogens with zero attached hydrogens (tertiary/aromatic N) is 2. The van der Waals surface area contributed by atoms with Crippen molar-refractivity contribution in [2.45, 2.75) is 0 Å². The zero-order chi connectivity index (χ0) is 25.1. The van der Waals surface area contributed by atoms with Crippen LogP contribution < -0.4 is 19.9 Å². The minimum Gasteiger partial charge on any atom is -0.493 e. The lowest BCUT2D eigenvalue weighted by atomic mass is 10.1. The standard InChI is InChI=1S/C23H20BrClFN3O6/c1-33-19-10-13(9-16(24)21(19)35-12-20(30)28-4-6-34-7-5-28)8-15-22(31)27-29(23(15)32)14-2-3-18(26)17(25)11-14/h2-3,8-11H,4-7,12H2,1H3,(H,27,31). The molecule has 0 aliphatic carbocycles. The van der Waals surface area contributed by atoms with Crippen molar-refractivity contribution in [3.05, 3.63) is 56.8 Å². The minimum atomic E-state index is -0.643. The number of amides is 3. The van der Waals surface area contributed by atoms with Crippen LogP contribution in [0.3, 0.4) is 0 Å². The van der Waals surface area contributed by atoms with Gasteiger partial charge in [0.1, 0.15) is 11.4 Å². The van der Waals surface area contributed by atoms with Gasteiger partial charge < -0.3 is 19.1 Å². The molecule has 0 unspecified atom stereocenters. The summed E-state index contributed by atoms with van der Waals surface area (Å²) in [6.45, 7) is 1.79. The normalized spacial score (nSPS) is 17.1. The number of nitrogens with one attached hydrogen (secondary N) is 1. The molecule has 12 heteroatoms. The average molecular weight is 569 g/mol. The summed E-state index contributed by atoms with van der Waals surface area (Å²) in [5.41, 5.74) is 2.97. The van der Waals surface area contributed by atoms with E-state index in [1.807, 2.05) is 0 Å². The van der Waals surface area contributed by atoms with Gasteiger partial charge in [0.05, 0.1) is 35.5 Å². The number of hydrogen-bond acceptors (Lipinski definition) is 6. The quantitative estimate of drug-likeness (QED) is 0.425. The van der Waals surface area contributed by atoms with Crippen molar-refractivity contribution < 1.29 is 33.0 Å². The van der Waals surface area contributed by atoms with Crippen molar-refractivity contribution in [1.29, 1.82) is 0 Å². The Hall–Kier alpha value is -3.15. The van der Waals surface area contributed by atoms with E-state index in [9.17, 15) is 18.8 Å². The average Bonchev–Trinajstić information content (AvgIpc) is 3.13. The van der Waals surface area contributed by atoms with Gasteiger partial charge in [-0.3, -0.25) is 19.8 Å². The van der Waals surface area contributed by atoms with Gasteiger partial charge in [-0.15, -0.1) is 0 Å². The van der Waals surface area contributed by atoms with E-state index in [0.717, 1.165) is 11.1 Å². The highest BCUT2D eigenvalue weighted by Crippen LogP contribution is 2.37. The van der Waals surface area contributed by atoms with Gasteiger partial charge in [0.2, 0.25) is 0 Å². The number of hydrazine groups is 1. The molecule has 2 fully saturated rings. The predicted molar refractivity (Wildman–Crippen MR) is 129 cm³/mol. The number of benzene rings is 2. The van der Waals surface area contributed by atoms with E-state index in [1.54, 1.807) is 17.0 Å². The van der Waals surface area contributed by atoms with Crippen molar-refractivity contribution in [1.82, 2.24) is 10.3 Å². The van der Waals surface area contributed by atoms with Gasteiger partial charge in [-0.05, 0) is 57.9 Å². The van der Waals surface area contributed by atoms with Crippen LogP contribution in [0.1, 0.15) is 5.56 Å². The van der Waals surface area contributed by atoms with Crippen molar-refractivity contribution >= 4 is 57.0 Å². The molecule has 2 aliphatic rings. The van der Waals surface area contributed by atoms with Gasteiger partial charge in [-0.2, -0.15) is 0 Å². The second-order valence-electron chi connectivity index (χ2n) is 7.55. The van der Waals surface area contributed by atoms with Crippen molar-refractivity contribution in [2.75, 3.05) is 45.0 Å². The molecule has 2 aromatic carbocycles. The van der Waals surface area contributed by atoms with Crippen LogP contribution in [0.2, 0.25) is 5.02 Å². The van der Waals surface area contributed by atoms with Crippen LogP contribution in [0.5, 0.6) is 11.5 Å². The number of rotatable bonds is 6. The maximum absolute atomic E-state index is 13.5. The van der Waals surface area contributed by atoms with Crippen LogP contribution in [-0.4, -0.2) is 62.6 Å². The first-order valence-corrected chi connectivity index (χ1v) is 11.6. The predicted octanol–water partition coefficient (Wildman–Crippen LogP) is 2.95. The Morgan fingerprint density at radius 2 is 2.00 bits per heavy atom. The maximum Gasteiger partial charge on any atom is 0.282 e. The molecular formula is C23H20BrClFN3O6. The van der Waals surface area contributed by atoms with Gasteiger partial charge >= 0.3 is 0 Å². The van der Waals surface area contributed by atoms with E-state index < -0.39 is 17.6 Å². The smallest absolute Gasteiger partial charge is 0.282 e. The fourth-order valence-electron chi connectivity index (χ4n) is 3.53. The number of carbonyl (C=O) groups is 3. The summed E-state index contributed by atoms with van der Waals surface area (Å²) in [6.07, 6.45) is 1.39. The molecule has 0 bridgehead atoms. The Morgan fingerprint density at radius 1 is 1.26 bits per heavy atom. The third-order valence-corrected chi connectivity index (χ3v) is 6.20. The number of halogens is 3. The number of methoxy groups -OCH3 is 1.